The molecule has 0 fully saturated rings. The molecule has 4 nitrogen and oxygen atoms in total. The number of aromatic carboxylic acids is 1. The van der Waals surface area contributed by atoms with Crippen molar-refractivity contribution in [2.24, 2.45) is 0 Å². The van der Waals surface area contributed by atoms with E-state index in [0.29, 0.717) is 16.2 Å². The molecule has 0 saturated heterocycles. The summed E-state index contributed by atoms with van der Waals surface area (Å²) in [5.74, 6) is -1.31. The van der Waals surface area contributed by atoms with E-state index >= 15 is 0 Å². The third-order valence-electron chi connectivity index (χ3n) is 1.13. The Morgan fingerprint density at radius 2 is 1.75 bits per heavy atom. The van der Waals surface area contributed by atoms with Gasteiger partial charge in [-0.2, -0.15) is 0 Å². The first-order valence-electron chi connectivity index (χ1n) is 3.02. The van der Waals surface area contributed by atoms with Crippen molar-refractivity contribution in [3.63, 3.8) is 0 Å². The summed E-state index contributed by atoms with van der Waals surface area (Å²) < 4.78 is 8.28. The number of hydrogen-bond acceptors (Lipinski definition) is 3. The van der Waals surface area contributed by atoms with Crippen LogP contribution in [0.2, 0.25) is 0 Å². The van der Waals surface area contributed by atoms with Gasteiger partial charge in [-0.1, -0.05) is 12.1 Å². The minimum atomic E-state index is -1.11. The Labute approximate surface area is 77.1 Å². The van der Waals surface area contributed by atoms with Crippen molar-refractivity contribution < 1.29 is 18.8 Å². The van der Waals surface area contributed by atoms with Crippen molar-refractivity contribution >= 4 is 22.2 Å². The molecule has 62 valence electrons. The van der Waals surface area contributed by atoms with Crippen molar-refractivity contribution in [1.29, 1.82) is 0 Å². The molecule has 0 aliphatic rings. The molecule has 2 N–H and O–H groups in total. The second-order valence-electron chi connectivity index (χ2n) is 1.82. The summed E-state index contributed by atoms with van der Waals surface area (Å²) in [7, 11) is 0. The molecule has 0 amide bonds. The molecule has 5 heteroatoms. The average molecular weight is 182 g/mol. The van der Waals surface area contributed by atoms with Gasteiger partial charge in [-0.3, -0.25) is 0 Å². The minimum absolute atomic E-state index is 0.0671. The van der Waals surface area contributed by atoms with E-state index in [4.69, 9.17) is 14.0 Å². The standard InChI is InChI=1S/C7H6O3.Al.O.H/c8-6-4-2-1-3-5(6)7(9)10;;;/h1-4,8H,(H,9,10);;;. The Hall–Kier alpha value is -1.18. The summed E-state index contributed by atoms with van der Waals surface area (Å²) in [5.41, 5.74) is -0.0671. The molecule has 1 rings (SSSR count). The average Bonchev–Trinajstić information content (AvgIpc) is 2.08. The zero-order valence-corrected chi connectivity index (χ0v) is 7.64. The third-order valence-corrected chi connectivity index (χ3v) is 1.13. The molecular weight excluding hydrogens is 175 g/mol. The van der Waals surface area contributed by atoms with Crippen molar-refractivity contribution in [3.05, 3.63) is 29.8 Å². The van der Waals surface area contributed by atoms with Gasteiger partial charge >= 0.3 is 26.0 Å². The maximum absolute atomic E-state index is 10.3. The van der Waals surface area contributed by atoms with E-state index in [0.717, 1.165) is 0 Å². The topological polar surface area (TPSA) is 74.6 Å². The van der Waals surface area contributed by atoms with Gasteiger partial charge in [-0.05, 0) is 12.1 Å². The summed E-state index contributed by atoms with van der Waals surface area (Å²) in [4.78, 5) is 10.3. The summed E-state index contributed by atoms with van der Waals surface area (Å²) in [6.07, 6.45) is 0. The Bertz CT molecular complexity index is 274. The number of benzene rings is 1. The normalized spacial score (nSPS) is 7.92. The predicted molar refractivity (Wildman–Crippen MR) is 42.9 cm³/mol. The van der Waals surface area contributed by atoms with Crippen LogP contribution in [0.5, 0.6) is 5.75 Å². The van der Waals surface area contributed by atoms with E-state index in [1.165, 1.54) is 12.1 Å². The van der Waals surface area contributed by atoms with Crippen LogP contribution in [-0.4, -0.2) is 32.4 Å². The molecule has 1 aromatic rings. The molecule has 0 radical (unpaired) electrons. The van der Waals surface area contributed by atoms with Gasteiger partial charge < -0.3 is 10.2 Å². The van der Waals surface area contributed by atoms with Crippen LogP contribution in [-0.2, 0) is 3.80 Å². The molecule has 0 bridgehead atoms. The SMILES string of the molecule is O=C(O)c1ccccc1O.[O]=[AlH]. The van der Waals surface area contributed by atoms with Gasteiger partial charge in [-0.15, -0.1) is 0 Å². The van der Waals surface area contributed by atoms with Gasteiger partial charge in [0.2, 0.25) is 0 Å². The van der Waals surface area contributed by atoms with Gasteiger partial charge in [0.05, 0.1) is 0 Å². The number of hydrogen-bond donors (Lipinski definition) is 2. The molecular formula is C7H7AlO4. The van der Waals surface area contributed by atoms with E-state index in [-0.39, 0.29) is 11.3 Å². The Morgan fingerprint density at radius 3 is 2.08 bits per heavy atom. The Morgan fingerprint density at radius 1 is 1.25 bits per heavy atom. The van der Waals surface area contributed by atoms with E-state index in [2.05, 4.69) is 0 Å². The van der Waals surface area contributed by atoms with Crippen molar-refractivity contribution in [2.45, 2.75) is 0 Å². The molecule has 0 heterocycles. The summed E-state index contributed by atoms with van der Waals surface area (Å²) >= 11 is 0.611. The quantitative estimate of drug-likeness (QED) is 0.613. The molecule has 0 saturated carbocycles. The monoisotopic (exact) mass is 182 g/mol. The number of phenols is 1. The first-order valence-corrected chi connectivity index (χ1v) is 3.59. The molecule has 1 aromatic carbocycles. The molecule has 12 heavy (non-hydrogen) atoms. The van der Waals surface area contributed by atoms with E-state index in [1.807, 2.05) is 0 Å². The predicted octanol–water partition coefficient (Wildman–Crippen LogP) is 0.323. The number of aromatic hydroxyl groups is 1. The van der Waals surface area contributed by atoms with Crippen molar-refractivity contribution in [2.75, 3.05) is 0 Å². The molecule has 0 aliphatic carbocycles. The van der Waals surface area contributed by atoms with Gasteiger partial charge in [-0.25, -0.2) is 4.79 Å². The van der Waals surface area contributed by atoms with Gasteiger partial charge in [0.25, 0.3) is 0 Å². The van der Waals surface area contributed by atoms with Crippen LogP contribution in [0, 0.1) is 0 Å². The molecule has 0 unspecified atom stereocenters. The van der Waals surface area contributed by atoms with Crippen molar-refractivity contribution in [3.8, 4) is 5.75 Å². The van der Waals surface area contributed by atoms with Crippen LogP contribution in [0.3, 0.4) is 0 Å². The number of carbonyl (C=O) groups is 1. The molecule has 0 atom stereocenters. The first kappa shape index (κ1) is 10.8. The zero-order valence-electron chi connectivity index (χ0n) is 6.23. The van der Waals surface area contributed by atoms with Gasteiger partial charge in [0.1, 0.15) is 11.3 Å². The van der Waals surface area contributed by atoms with Crippen LogP contribution in [0.15, 0.2) is 24.3 Å². The Balaban J connectivity index is 0.000000561. The number of carboxylic acid groups (broad SMARTS) is 1. The third kappa shape index (κ3) is 2.83. The number of rotatable bonds is 1. The van der Waals surface area contributed by atoms with Crippen LogP contribution in [0.4, 0.5) is 0 Å². The van der Waals surface area contributed by atoms with Crippen molar-refractivity contribution in [1.82, 2.24) is 0 Å². The van der Waals surface area contributed by atoms with Crippen LogP contribution in [0.25, 0.3) is 0 Å². The molecule has 0 spiro atoms. The second-order valence-corrected chi connectivity index (χ2v) is 1.82. The number of carboxylic acids is 1. The molecule has 0 aliphatic heterocycles. The van der Waals surface area contributed by atoms with Gasteiger partial charge in [0, 0.05) is 0 Å². The first-order chi connectivity index (χ1) is 5.72. The molecule has 0 aromatic heterocycles. The summed E-state index contributed by atoms with van der Waals surface area (Å²) in [5, 5.41) is 17.3. The second kappa shape index (κ2) is 5.47. The van der Waals surface area contributed by atoms with E-state index in [1.54, 1.807) is 12.1 Å². The fourth-order valence-corrected chi connectivity index (χ4v) is 0.654. The van der Waals surface area contributed by atoms with E-state index < -0.39 is 5.97 Å². The van der Waals surface area contributed by atoms with Crippen LogP contribution < -0.4 is 0 Å². The van der Waals surface area contributed by atoms with Crippen LogP contribution >= 0.6 is 0 Å². The summed E-state index contributed by atoms with van der Waals surface area (Å²) in [6, 6.07) is 5.81. The fraction of sp³-hybridized carbons (Fsp3) is 0. The van der Waals surface area contributed by atoms with E-state index in [9.17, 15) is 4.79 Å². The van der Waals surface area contributed by atoms with Gasteiger partial charge in [0.15, 0.2) is 0 Å². The Kier molecular flexibility index (Phi) is 4.93. The fourth-order valence-electron chi connectivity index (χ4n) is 0.654. The number of para-hydroxylation sites is 1. The zero-order chi connectivity index (χ0) is 9.56. The summed E-state index contributed by atoms with van der Waals surface area (Å²) in [6.45, 7) is 0. The maximum atomic E-state index is 10.3. The van der Waals surface area contributed by atoms with Crippen LogP contribution in [0.1, 0.15) is 10.4 Å².